The molecule has 0 aliphatic rings. The first kappa shape index (κ1) is 7.70. The first-order valence-electron chi connectivity index (χ1n) is 2.77. The highest BCUT2D eigenvalue weighted by atomic mass is 15.1. The van der Waals surface area contributed by atoms with Crippen LogP contribution in [-0.2, 0) is 0 Å². The van der Waals surface area contributed by atoms with Crippen LogP contribution in [0.2, 0.25) is 0 Å². The van der Waals surface area contributed by atoms with Gasteiger partial charge in [0.15, 0.2) is 0 Å². The van der Waals surface area contributed by atoms with Crippen molar-refractivity contribution >= 4 is 0 Å². The van der Waals surface area contributed by atoms with Crippen molar-refractivity contribution < 1.29 is 0 Å². The van der Waals surface area contributed by atoms with Crippen molar-refractivity contribution in [3.8, 4) is 0 Å². The molecule has 0 fully saturated rings. The summed E-state index contributed by atoms with van der Waals surface area (Å²) in [6.07, 6.45) is 1.86. The van der Waals surface area contributed by atoms with E-state index in [4.69, 9.17) is 0 Å². The van der Waals surface area contributed by atoms with Gasteiger partial charge in [0.2, 0.25) is 0 Å². The lowest BCUT2D eigenvalue weighted by atomic mass is 10.5. The maximum Gasteiger partial charge on any atom is 0.0160 e. The van der Waals surface area contributed by atoms with Gasteiger partial charge in [0.25, 0.3) is 0 Å². The molecule has 0 aromatic heterocycles. The Morgan fingerprint density at radius 1 is 1.25 bits per heavy atom. The molecular formula is C7H13N. The van der Waals surface area contributed by atoms with Gasteiger partial charge in [-0.3, -0.25) is 4.90 Å². The average molecular weight is 111 g/mol. The number of hydrogen-bond acceptors (Lipinski definition) is 1. The van der Waals surface area contributed by atoms with Crippen molar-refractivity contribution in [2.75, 3.05) is 19.6 Å². The van der Waals surface area contributed by atoms with Crippen LogP contribution in [-0.4, -0.2) is 24.5 Å². The fourth-order valence-corrected chi connectivity index (χ4v) is 0.477. The molecule has 2 radical (unpaired) electrons. The molecule has 0 aliphatic carbocycles. The molecular weight excluding hydrogens is 98.1 g/mol. The molecule has 8 heavy (non-hydrogen) atoms. The predicted molar refractivity (Wildman–Crippen MR) is 37.4 cm³/mol. The van der Waals surface area contributed by atoms with Gasteiger partial charge < -0.3 is 0 Å². The van der Waals surface area contributed by atoms with E-state index in [-0.39, 0.29) is 0 Å². The third kappa shape index (κ3) is 2.80. The highest BCUT2D eigenvalue weighted by Crippen LogP contribution is 1.83. The van der Waals surface area contributed by atoms with Gasteiger partial charge in [0.1, 0.15) is 0 Å². The Kier molecular flexibility index (Phi) is 4.67. The van der Waals surface area contributed by atoms with Crippen molar-refractivity contribution in [3.63, 3.8) is 0 Å². The lowest BCUT2D eigenvalue weighted by Gasteiger charge is -2.13. The Bertz CT molecular complexity index is 55.4. The summed E-state index contributed by atoms with van der Waals surface area (Å²) in [6, 6.07) is 0. The Balaban J connectivity index is 3.20. The van der Waals surface area contributed by atoms with Crippen LogP contribution in [0.15, 0.2) is 12.7 Å². The molecule has 1 heteroatoms. The molecule has 0 heterocycles. The summed E-state index contributed by atoms with van der Waals surface area (Å²) in [7, 11) is 0. The van der Waals surface area contributed by atoms with Crippen LogP contribution in [0.25, 0.3) is 0 Å². The van der Waals surface area contributed by atoms with Crippen molar-refractivity contribution in [2.24, 2.45) is 0 Å². The zero-order valence-corrected chi connectivity index (χ0v) is 5.27. The van der Waals surface area contributed by atoms with Gasteiger partial charge in [-0.2, -0.15) is 0 Å². The predicted octanol–water partition coefficient (Wildman–Crippen LogP) is 1.14. The molecule has 0 bridgehead atoms. The summed E-state index contributed by atoms with van der Waals surface area (Å²) >= 11 is 0. The zero-order valence-electron chi connectivity index (χ0n) is 5.27. The second kappa shape index (κ2) is 4.85. The highest BCUT2D eigenvalue weighted by Gasteiger charge is 1.91. The van der Waals surface area contributed by atoms with E-state index in [1.165, 1.54) is 0 Å². The summed E-state index contributed by atoms with van der Waals surface area (Å²) in [5.41, 5.74) is 0. The van der Waals surface area contributed by atoms with E-state index in [9.17, 15) is 0 Å². The Hall–Kier alpha value is -0.300. The minimum Gasteiger partial charge on any atom is -0.300 e. The SMILES string of the molecule is [CH2]CN(C[CH2])CC=C. The molecule has 0 atom stereocenters. The van der Waals surface area contributed by atoms with Crippen LogP contribution in [0.3, 0.4) is 0 Å². The van der Waals surface area contributed by atoms with E-state index in [1.807, 2.05) is 6.08 Å². The maximum atomic E-state index is 3.71. The maximum absolute atomic E-state index is 3.71. The van der Waals surface area contributed by atoms with E-state index < -0.39 is 0 Å². The van der Waals surface area contributed by atoms with Gasteiger partial charge in [0, 0.05) is 6.54 Å². The number of rotatable bonds is 4. The molecule has 1 nitrogen and oxygen atoms in total. The van der Waals surface area contributed by atoms with Gasteiger partial charge in [-0.15, -0.1) is 6.58 Å². The topological polar surface area (TPSA) is 3.24 Å². The van der Waals surface area contributed by atoms with Gasteiger partial charge in [0.05, 0.1) is 0 Å². The second-order valence-electron chi connectivity index (χ2n) is 1.59. The van der Waals surface area contributed by atoms with E-state index >= 15 is 0 Å². The van der Waals surface area contributed by atoms with Crippen molar-refractivity contribution in [1.82, 2.24) is 4.90 Å². The molecule has 46 valence electrons. The van der Waals surface area contributed by atoms with E-state index in [1.54, 1.807) is 0 Å². The monoisotopic (exact) mass is 111 g/mol. The normalized spacial score (nSPS) is 9.88. The van der Waals surface area contributed by atoms with Crippen LogP contribution < -0.4 is 0 Å². The molecule has 0 saturated carbocycles. The molecule has 0 saturated heterocycles. The summed E-state index contributed by atoms with van der Waals surface area (Å²) < 4.78 is 0. The lowest BCUT2D eigenvalue weighted by Crippen LogP contribution is -2.22. The van der Waals surface area contributed by atoms with Crippen LogP contribution in [0, 0.1) is 13.8 Å². The van der Waals surface area contributed by atoms with Gasteiger partial charge >= 0.3 is 0 Å². The summed E-state index contributed by atoms with van der Waals surface area (Å²) in [5, 5.41) is 0. The molecule has 0 N–H and O–H groups in total. The summed E-state index contributed by atoms with van der Waals surface area (Å²) in [5.74, 6) is 0. The highest BCUT2D eigenvalue weighted by molar-refractivity contribution is 4.73. The second-order valence-corrected chi connectivity index (χ2v) is 1.59. The Morgan fingerprint density at radius 3 is 1.88 bits per heavy atom. The van der Waals surface area contributed by atoms with Crippen LogP contribution in [0.4, 0.5) is 0 Å². The van der Waals surface area contributed by atoms with Gasteiger partial charge in [-0.05, 0) is 26.9 Å². The van der Waals surface area contributed by atoms with Gasteiger partial charge in [-0.25, -0.2) is 0 Å². The number of hydrogen-bond donors (Lipinski definition) is 0. The molecule has 0 unspecified atom stereocenters. The zero-order chi connectivity index (χ0) is 6.41. The molecule has 0 aromatic carbocycles. The summed E-state index contributed by atoms with van der Waals surface area (Å²) in [6.45, 7) is 13.6. The van der Waals surface area contributed by atoms with Crippen molar-refractivity contribution in [3.05, 3.63) is 26.5 Å². The fourth-order valence-electron chi connectivity index (χ4n) is 0.477. The molecule has 0 amide bonds. The first-order chi connectivity index (χ1) is 3.85. The third-order valence-corrected chi connectivity index (χ3v) is 1.02. The minimum atomic E-state index is 0.815. The molecule has 0 rings (SSSR count). The smallest absolute Gasteiger partial charge is 0.0160 e. The largest absolute Gasteiger partial charge is 0.300 e. The fraction of sp³-hybridized carbons (Fsp3) is 0.429. The molecule has 0 spiro atoms. The third-order valence-electron chi connectivity index (χ3n) is 1.02. The Morgan fingerprint density at radius 2 is 1.75 bits per heavy atom. The van der Waals surface area contributed by atoms with Crippen molar-refractivity contribution in [1.29, 1.82) is 0 Å². The van der Waals surface area contributed by atoms with E-state index in [2.05, 4.69) is 25.3 Å². The van der Waals surface area contributed by atoms with E-state index in [0.29, 0.717) is 0 Å². The van der Waals surface area contributed by atoms with E-state index in [0.717, 1.165) is 19.6 Å². The Labute approximate surface area is 52.0 Å². The van der Waals surface area contributed by atoms with Crippen LogP contribution >= 0.6 is 0 Å². The molecule has 0 aliphatic heterocycles. The number of nitrogens with zero attached hydrogens (tertiary/aromatic N) is 1. The average Bonchev–Trinajstić information content (AvgIpc) is 1.83. The summed E-state index contributed by atoms with van der Waals surface area (Å²) in [4.78, 5) is 2.09. The van der Waals surface area contributed by atoms with Gasteiger partial charge in [-0.1, -0.05) is 6.08 Å². The lowest BCUT2D eigenvalue weighted by molar-refractivity contribution is 0.370. The first-order valence-corrected chi connectivity index (χ1v) is 2.77. The van der Waals surface area contributed by atoms with Crippen LogP contribution in [0.1, 0.15) is 0 Å². The standard InChI is InChI=1S/C7H13N/c1-4-7-8(5-2)6-3/h4H,1-3,5-7H2. The van der Waals surface area contributed by atoms with Crippen LogP contribution in [0.5, 0.6) is 0 Å². The van der Waals surface area contributed by atoms with Crippen molar-refractivity contribution in [2.45, 2.75) is 0 Å². The quantitative estimate of drug-likeness (QED) is 0.492. The minimum absolute atomic E-state index is 0.815. The molecule has 0 aromatic rings.